The zero-order valence-electron chi connectivity index (χ0n) is 19.6. The second-order valence-electron chi connectivity index (χ2n) is 8.83. The van der Waals surface area contributed by atoms with Gasteiger partial charge in [-0.25, -0.2) is 14.8 Å². The lowest BCUT2D eigenvalue weighted by Crippen LogP contribution is -2.32. The maximum atomic E-state index is 13.0. The lowest BCUT2D eigenvalue weighted by molar-refractivity contribution is 0.222. The predicted molar refractivity (Wildman–Crippen MR) is 140 cm³/mol. The van der Waals surface area contributed by atoms with Gasteiger partial charge in [-0.05, 0) is 54.4 Å². The number of hydrogen-bond donors (Lipinski definition) is 1. The van der Waals surface area contributed by atoms with Crippen molar-refractivity contribution in [2.45, 2.75) is 12.3 Å². The number of urea groups is 1. The van der Waals surface area contributed by atoms with Gasteiger partial charge in [-0.15, -0.1) is 0 Å². The van der Waals surface area contributed by atoms with Crippen molar-refractivity contribution in [3.05, 3.63) is 103 Å². The van der Waals surface area contributed by atoms with Crippen LogP contribution in [0.3, 0.4) is 0 Å². The summed E-state index contributed by atoms with van der Waals surface area (Å²) < 4.78 is 0. The van der Waals surface area contributed by atoms with Gasteiger partial charge in [0.05, 0.1) is 22.4 Å². The van der Waals surface area contributed by atoms with E-state index < -0.39 is 0 Å². The molecule has 1 saturated heterocycles. The van der Waals surface area contributed by atoms with E-state index in [1.54, 1.807) is 12.4 Å². The molecule has 36 heavy (non-hydrogen) atoms. The van der Waals surface area contributed by atoms with Crippen LogP contribution in [0.5, 0.6) is 0 Å². The minimum atomic E-state index is -0.101. The Kier molecular flexibility index (Phi) is 5.79. The SMILES string of the molecule is O=C(Nc1ccc2nc(-c3ccccn3)c(-c3ccccn3)nc2c1)N1CC[C@@H](c2ccccc2)C1. The third-order valence-electron chi connectivity index (χ3n) is 6.48. The normalized spacial score (nSPS) is 15.2. The Morgan fingerprint density at radius 2 is 1.44 bits per heavy atom. The Bertz CT molecular complexity index is 1510. The van der Waals surface area contributed by atoms with Crippen LogP contribution in [0.4, 0.5) is 10.5 Å². The lowest BCUT2D eigenvalue weighted by Gasteiger charge is -2.18. The molecule has 1 aliphatic heterocycles. The summed E-state index contributed by atoms with van der Waals surface area (Å²) >= 11 is 0. The van der Waals surface area contributed by atoms with Gasteiger partial charge in [0.1, 0.15) is 11.4 Å². The van der Waals surface area contributed by atoms with Crippen LogP contribution in [0.15, 0.2) is 97.3 Å². The van der Waals surface area contributed by atoms with Crippen LogP contribution in [0, 0.1) is 0 Å². The third-order valence-corrected chi connectivity index (χ3v) is 6.48. The summed E-state index contributed by atoms with van der Waals surface area (Å²) in [7, 11) is 0. The fraction of sp³-hybridized carbons (Fsp3) is 0.138. The predicted octanol–water partition coefficient (Wildman–Crippen LogP) is 5.78. The Morgan fingerprint density at radius 3 is 2.11 bits per heavy atom. The molecular weight excluding hydrogens is 448 g/mol. The first-order valence-electron chi connectivity index (χ1n) is 12.0. The number of carbonyl (C=O) groups excluding carboxylic acids is 1. The van der Waals surface area contributed by atoms with E-state index in [2.05, 4.69) is 27.4 Å². The second-order valence-corrected chi connectivity index (χ2v) is 8.83. The van der Waals surface area contributed by atoms with Gasteiger partial charge in [0, 0.05) is 37.1 Å². The number of nitrogens with one attached hydrogen (secondary N) is 1. The minimum absolute atomic E-state index is 0.101. The minimum Gasteiger partial charge on any atom is -0.324 e. The van der Waals surface area contributed by atoms with Crippen molar-refractivity contribution in [2.75, 3.05) is 18.4 Å². The molecular formula is C29H24N6O. The van der Waals surface area contributed by atoms with E-state index in [-0.39, 0.29) is 6.03 Å². The number of likely N-dealkylation sites (tertiary alicyclic amines) is 1. The van der Waals surface area contributed by atoms with Gasteiger partial charge in [-0.3, -0.25) is 9.97 Å². The van der Waals surface area contributed by atoms with Gasteiger partial charge in [0.15, 0.2) is 0 Å². The van der Waals surface area contributed by atoms with Crippen molar-refractivity contribution in [3.63, 3.8) is 0 Å². The molecule has 0 saturated carbocycles. The lowest BCUT2D eigenvalue weighted by atomic mass is 9.99. The van der Waals surface area contributed by atoms with E-state index in [0.29, 0.717) is 40.7 Å². The fourth-order valence-electron chi connectivity index (χ4n) is 4.64. The number of amides is 2. The molecule has 0 bridgehead atoms. The topological polar surface area (TPSA) is 83.9 Å². The number of fused-ring (bicyclic) bond motifs is 1. The van der Waals surface area contributed by atoms with Gasteiger partial charge < -0.3 is 10.2 Å². The number of rotatable bonds is 4. The summed E-state index contributed by atoms with van der Waals surface area (Å²) in [5.41, 5.74) is 6.12. The number of hydrogen-bond acceptors (Lipinski definition) is 5. The van der Waals surface area contributed by atoms with Crippen LogP contribution in [-0.4, -0.2) is 44.0 Å². The van der Waals surface area contributed by atoms with Gasteiger partial charge in [-0.1, -0.05) is 42.5 Å². The van der Waals surface area contributed by atoms with Crippen LogP contribution in [0.2, 0.25) is 0 Å². The summed E-state index contributed by atoms with van der Waals surface area (Å²) in [6.07, 6.45) is 4.44. The van der Waals surface area contributed by atoms with Crippen molar-refractivity contribution in [2.24, 2.45) is 0 Å². The Balaban J connectivity index is 1.29. The molecule has 5 aromatic rings. The third kappa shape index (κ3) is 4.38. The van der Waals surface area contributed by atoms with Gasteiger partial charge in [0.2, 0.25) is 0 Å². The zero-order chi connectivity index (χ0) is 24.3. The molecule has 0 aliphatic carbocycles. The maximum absolute atomic E-state index is 13.0. The van der Waals surface area contributed by atoms with Crippen LogP contribution >= 0.6 is 0 Å². The van der Waals surface area contributed by atoms with Crippen molar-refractivity contribution in [1.82, 2.24) is 24.8 Å². The molecule has 0 unspecified atom stereocenters. The Morgan fingerprint density at radius 1 is 0.778 bits per heavy atom. The Labute approximate surface area is 208 Å². The van der Waals surface area contributed by atoms with Crippen LogP contribution in [-0.2, 0) is 0 Å². The summed E-state index contributed by atoms with van der Waals surface area (Å²) in [6.45, 7) is 1.44. The highest BCUT2D eigenvalue weighted by Crippen LogP contribution is 2.30. The van der Waals surface area contributed by atoms with E-state index in [0.717, 1.165) is 24.2 Å². The molecule has 3 aromatic heterocycles. The highest BCUT2D eigenvalue weighted by molar-refractivity contribution is 5.93. The number of anilines is 1. The van der Waals surface area contributed by atoms with Crippen molar-refractivity contribution >= 4 is 22.8 Å². The van der Waals surface area contributed by atoms with Crippen LogP contribution < -0.4 is 5.32 Å². The smallest absolute Gasteiger partial charge is 0.321 e. The molecule has 0 spiro atoms. The monoisotopic (exact) mass is 472 g/mol. The average molecular weight is 473 g/mol. The number of carbonyl (C=O) groups is 1. The number of aromatic nitrogens is 4. The standard InChI is InChI=1S/C29H24N6O/c36-29(35-17-14-21(19-35)20-8-2-1-3-9-20)32-22-12-13-23-26(18-22)34-28(25-11-5-7-16-31-25)27(33-23)24-10-4-6-15-30-24/h1-13,15-16,18,21H,14,17,19H2,(H,32,36)/t21-/m1/s1. The van der Waals surface area contributed by atoms with E-state index >= 15 is 0 Å². The summed E-state index contributed by atoms with van der Waals surface area (Å²) in [5, 5.41) is 3.04. The molecule has 2 aromatic carbocycles. The van der Waals surface area contributed by atoms with Crippen molar-refractivity contribution in [3.8, 4) is 22.8 Å². The average Bonchev–Trinajstić information content (AvgIpc) is 3.45. The zero-order valence-corrected chi connectivity index (χ0v) is 19.6. The molecule has 2 amide bonds. The van der Waals surface area contributed by atoms with Gasteiger partial charge in [-0.2, -0.15) is 0 Å². The van der Waals surface area contributed by atoms with E-state index in [9.17, 15) is 4.79 Å². The molecule has 7 heteroatoms. The van der Waals surface area contributed by atoms with E-state index in [1.165, 1.54) is 5.56 Å². The van der Waals surface area contributed by atoms with E-state index in [4.69, 9.17) is 9.97 Å². The highest BCUT2D eigenvalue weighted by Gasteiger charge is 2.27. The summed E-state index contributed by atoms with van der Waals surface area (Å²) in [6, 6.07) is 27.3. The first kappa shape index (κ1) is 21.9. The molecule has 1 N–H and O–H groups in total. The van der Waals surface area contributed by atoms with Gasteiger partial charge in [0.25, 0.3) is 0 Å². The fourth-order valence-corrected chi connectivity index (χ4v) is 4.64. The van der Waals surface area contributed by atoms with Crippen LogP contribution in [0.25, 0.3) is 33.8 Å². The summed E-state index contributed by atoms with van der Waals surface area (Å²) in [4.78, 5) is 33.6. The number of benzene rings is 2. The highest BCUT2D eigenvalue weighted by atomic mass is 16.2. The largest absolute Gasteiger partial charge is 0.324 e. The molecule has 4 heterocycles. The maximum Gasteiger partial charge on any atom is 0.321 e. The molecule has 176 valence electrons. The van der Waals surface area contributed by atoms with Crippen molar-refractivity contribution < 1.29 is 4.79 Å². The molecule has 1 atom stereocenters. The molecule has 0 radical (unpaired) electrons. The first-order chi connectivity index (χ1) is 17.7. The van der Waals surface area contributed by atoms with E-state index in [1.807, 2.05) is 77.7 Å². The second kappa shape index (κ2) is 9.54. The summed E-state index contributed by atoms with van der Waals surface area (Å²) in [5.74, 6) is 0.366. The van der Waals surface area contributed by atoms with Crippen molar-refractivity contribution in [1.29, 1.82) is 0 Å². The van der Waals surface area contributed by atoms with Crippen LogP contribution in [0.1, 0.15) is 17.9 Å². The number of nitrogens with zero attached hydrogens (tertiary/aromatic N) is 5. The molecule has 1 aliphatic rings. The molecule has 1 fully saturated rings. The molecule has 6 rings (SSSR count). The van der Waals surface area contributed by atoms with Gasteiger partial charge >= 0.3 is 6.03 Å². The number of pyridine rings is 2. The molecule has 7 nitrogen and oxygen atoms in total. The first-order valence-corrected chi connectivity index (χ1v) is 12.0. The Hall–Kier alpha value is -4.65. The quantitative estimate of drug-likeness (QED) is 0.359.